The van der Waals surface area contributed by atoms with Crippen LogP contribution >= 0.6 is 0 Å². The Balaban J connectivity index is 1.76. The smallest absolute Gasteiger partial charge is 0.124 e. The van der Waals surface area contributed by atoms with Crippen molar-refractivity contribution >= 4 is 0 Å². The van der Waals surface area contributed by atoms with Crippen molar-refractivity contribution in [3.8, 4) is 5.75 Å². The first-order valence-corrected chi connectivity index (χ1v) is 7.19. The predicted octanol–water partition coefficient (Wildman–Crippen LogP) is 1.91. The molecule has 1 atom stereocenters. The summed E-state index contributed by atoms with van der Waals surface area (Å²) in [7, 11) is 1.62. The first-order valence-electron chi connectivity index (χ1n) is 7.19. The van der Waals surface area contributed by atoms with Crippen molar-refractivity contribution in [2.45, 2.75) is 26.0 Å². The number of aryl methyl sites for hydroxylation is 2. The van der Waals surface area contributed by atoms with E-state index in [1.165, 1.54) is 0 Å². The molecule has 1 unspecified atom stereocenters. The number of methoxy groups -OCH3 is 1. The van der Waals surface area contributed by atoms with Gasteiger partial charge < -0.3 is 19.7 Å². The molecule has 0 spiro atoms. The largest absolute Gasteiger partial charge is 0.496 e. The molecule has 0 bridgehead atoms. The van der Waals surface area contributed by atoms with Crippen LogP contribution < -0.4 is 10.1 Å². The lowest BCUT2D eigenvalue weighted by Crippen LogP contribution is -2.23. The number of aromatic nitrogens is 2. The minimum absolute atomic E-state index is 0.518. The number of hydrogen-bond donors (Lipinski definition) is 2. The summed E-state index contributed by atoms with van der Waals surface area (Å²) in [5.74, 6) is 0.730. The van der Waals surface area contributed by atoms with E-state index in [-0.39, 0.29) is 0 Å². The standard InChI is InChI=1S/C16H23N3O2/c1-13-4-5-16(21-2)14(10-13)15(20)11-17-6-3-8-19-9-7-18-12-19/h4-5,7,9-10,12,15,17,20H,3,6,8,11H2,1-2H3. The molecule has 0 saturated heterocycles. The number of nitrogens with one attached hydrogen (secondary N) is 1. The van der Waals surface area contributed by atoms with Crippen LogP contribution in [0.3, 0.4) is 0 Å². The molecule has 0 saturated carbocycles. The summed E-state index contributed by atoms with van der Waals surface area (Å²) in [5.41, 5.74) is 1.95. The van der Waals surface area contributed by atoms with Gasteiger partial charge in [-0.1, -0.05) is 11.6 Å². The molecule has 0 fully saturated rings. The molecule has 114 valence electrons. The summed E-state index contributed by atoms with van der Waals surface area (Å²) >= 11 is 0. The van der Waals surface area contributed by atoms with Crippen LogP contribution in [-0.4, -0.2) is 34.9 Å². The maximum absolute atomic E-state index is 10.3. The van der Waals surface area contributed by atoms with Crippen LogP contribution in [0.4, 0.5) is 0 Å². The van der Waals surface area contributed by atoms with Gasteiger partial charge in [0.15, 0.2) is 0 Å². The van der Waals surface area contributed by atoms with Crippen molar-refractivity contribution in [2.24, 2.45) is 0 Å². The second kappa shape index (κ2) is 7.81. The SMILES string of the molecule is COc1ccc(C)cc1C(O)CNCCCn1ccnc1. The number of ether oxygens (including phenoxy) is 1. The maximum atomic E-state index is 10.3. The highest BCUT2D eigenvalue weighted by Crippen LogP contribution is 2.25. The molecule has 0 aliphatic carbocycles. The fourth-order valence-electron chi connectivity index (χ4n) is 2.27. The van der Waals surface area contributed by atoms with Crippen LogP contribution in [0.1, 0.15) is 23.7 Å². The first kappa shape index (κ1) is 15.5. The number of imidazole rings is 1. The Kier molecular flexibility index (Phi) is 5.78. The van der Waals surface area contributed by atoms with Gasteiger partial charge in [-0.25, -0.2) is 4.98 Å². The monoisotopic (exact) mass is 289 g/mol. The van der Waals surface area contributed by atoms with Crippen molar-refractivity contribution in [1.29, 1.82) is 0 Å². The van der Waals surface area contributed by atoms with Crippen molar-refractivity contribution in [3.63, 3.8) is 0 Å². The topological polar surface area (TPSA) is 59.3 Å². The van der Waals surface area contributed by atoms with Crippen molar-refractivity contribution in [3.05, 3.63) is 48.0 Å². The van der Waals surface area contributed by atoms with E-state index in [0.29, 0.717) is 6.54 Å². The van der Waals surface area contributed by atoms with Crippen LogP contribution in [0, 0.1) is 6.92 Å². The quantitative estimate of drug-likeness (QED) is 0.729. The molecule has 5 heteroatoms. The zero-order valence-electron chi connectivity index (χ0n) is 12.6. The molecule has 2 aromatic rings. The molecule has 1 aromatic heterocycles. The second-order valence-corrected chi connectivity index (χ2v) is 5.12. The molecular weight excluding hydrogens is 266 g/mol. The van der Waals surface area contributed by atoms with E-state index < -0.39 is 6.10 Å². The molecule has 0 aliphatic heterocycles. The second-order valence-electron chi connectivity index (χ2n) is 5.12. The zero-order valence-corrected chi connectivity index (χ0v) is 12.6. The number of nitrogens with zero attached hydrogens (tertiary/aromatic N) is 2. The van der Waals surface area contributed by atoms with Gasteiger partial charge in [-0.3, -0.25) is 0 Å². The summed E-state index contributed by atoms with van der Waals surface area (Å²) in [4.78, 5) is 4.00. The van der Waals surface area contributed by atoms with Crippen LogP contribution in [-0.2, 0) is 6.54 Å². The van der Waals surface area contributed by atoms with E-state index in [1.54, 1.807) is 13.3 Å². The molecule has 0 aliphatic rings. The minimum Gasteiger partial charge on any atom is -0.496 e. The van der Waals surface area contributed by atoms with Gasteiger partial charge in [0.25, 0.3) is 0 Å². The van der Waals surface area contributed by atoms with E-state index >= 15 is 0 Å². The highest BCUT2D eigenvalue weighted by molar-refractivity contribution is 5.38. The van der Waals surface area contributed by atoms with Gasteiger partial charge >= 0.3 is 0 Å². The van der Waals surface area contributed by atoms with Crippen LogP contribution in [0.25, 0.3) is 0 Å². The molecule has 0 amide bonds. The van der Waals surface area contributed by atoms with E-state index in [9.17, 15) is 5.11 Å². The fourth-order valence-corrected chi connectivity index (χ4v) is 2.27. The highest BCUT2D eigenvalue weighted by atomic mass is 16.5. The molecule has 1 aromatic carbocycles. The van der Waals surface area contributed by atoms with Crippen LogP contribution in [0.5, 0.6) is 5.75 Å². The number of aliphatic hydroxyl groups excluding tert-OH is 1. The normalized spacial score (nSPS) is 12.3. The number of rotatable bonds is 8. The summed E-state index contributed by atoms with van der Waals surface area (Å²) in [6, 6.07) is 5.84. The Morgan fingerprint density at radius 3 is 3.00 bits per heavy atom. The number of benzene rings is 1. The molecule has 21 heavy (non-hydrogen) atoms. The Labute approximate surface area is 125 Å². The minimum atomic E-state index is -0.562. The van der Waals surface area contributed by atoms with E-state index in [2.05, 4.69) is 10.3 Å². The van der Waals surface area contributed by atoms with E-state index in [4.69, 9.17) is 4.74 Å². The Morgan fingerprint density at radius 1 is 1.43 bits per heavy atom. The number of aliphatic hydroxyl groups is 1. The summed E-state index contributed by atoms with van der Waals surface area (Å²) in [6.45, 7) is 4.30. The van der Waals surface area contributed by atoms with E-state index in [1.807, 2.05) is 42.2 Å². The van der Waals surface area contributed by atoms with Crippen LogP contribution in [0.15, 0.2) is 36.9 Å². The van der Waals surface area contributed by atoms with Gasteiger partial charge in [-0.05, 0) is 32.0 Å². The highest BCUT2D eigenvalue weighted by Gasteiger charge is 2.12. The van der Waals surface area contributed by atoms with Gasteiger partial charge in [0, 0.05) is 31.0 Å². The molecule has 1 heterocycles. The summed E-state index contributed by atoms with van der Waals surface area (Å²) in [6.07, 6.45) is 5.97. The van der Waals surface area contributed by atoms with Gasteiger partial charge in [-0.15, -0.1) is 0 Å². The molecule has 0 radical (unpaired) electrons. The number of hydrogen-bond acceptors (Lipinski definition) is 4. The maximum Gasteiger partial charge on any atom is 0.124 e. The zero-order chi connectivity index (χ0) is 15.1. The lowest BCUT2D eigenvalue weighted by molar-refractivity contribution is 0.170. The average molecular weight is 289 g/mol. The van der Waals surface area contributed by atoms with Gasteiger partial charge in [0.2, 0.25) is 0 Å². The summed E-state index contributed by atoms with van der Waals surface area (Å²) < 4.78 is 7.34. The molecular formula is C16H23N3O2. The van der Waals surface area contributed by atoms with Gasteiger partial charge in [0.1, 0.15) is 5.75 Å². The first-order chi connectivity index (χ1) is 10.2. The van der Waals surface area contributed by atoms with Crippen LogP contribution in [0.2, 0.25) is 0 Å². The predicted molar refractivity (Wildman–Crippen MR) is 82.4 cm³/mol. The average Bonchev–Trinajstić information content (AvgIpc) is 3.00. The van der Waals surface area contributed by atoms with Crippen molar-refractivity contribution < 1.29 is 9.84 Å². The Hall–Kier alpha value is -1.85. The Bertz CT molecular complexity index is 540. The molecule has 2 rings (SSSR count). The fraction of sp³-hybridized carbons (Fsp3) is 0.438. The molecule has 5 nitrogen and oxygen atoms in total. The van der Waals surface area contributed by atoms with E-state index in [0.717, 1.165) is 36.4 Å². The van der Waals surface area contributed by atoms with Crippen molar-refractivity contribution in [1.82, 2.24) is 14.9 Å². The Morgan fingerprint density at radius 2 is 2.29 bits per heavy atom. The summed E-state index contributed by atoms with van der Waals surface area (Å²) in [5, 5.41) is 13.6. The third kappa shape index (κ3) is 4.58. The van der Waals surface area contributed by atoms with Gasteiger partial charge in [-0.2, -0.15) is 0 Å². The van der Waals surface area contributed by atoms with Crippen molar-refractivity contribution in [2.75, 3.05) is 20.2 Å². The third-order valence-corrected chi connectivity index (χ3v) is 3.41. The third-order valence-electron chi connectivity index (χ3n) is 3.41. The molecule has 2 N–H and O–H groups in total. The lowest BCUT2D eigenvalue weighted by atomic mass is 10.1. The lowest BCUT2D eigenvalue weighted by Gasteiger charge is -2.16. The van der Waals surface area contributed by atoms with Gasteiger partial charge in [0.05, 0.1) is 19.5 Å².